The molecule has 1 aromatic heterocycles. The molecule has 1 saturated heterocycles. The van der Waals surface area contributed by atoms with Gasteiger partial charge in [-0.15, -0.1) is 0 Å². The van der Waals surface area contributed by atoms with Gasteiger partial charge in [-0.1, -0.05) is 12.8 Å². The molecule has 0 aromatic carbocycles. The number of alkyl halides is 3. The summed E-state index contributed by atoms with van der Waals surface area (Å²) in [6.45, 7) is 2.87. The molecule has 172 valence electrons. The highest BCUT2D eigenvalue weighted by atomic mass is 19.4. The molecule has 3 aliphatic rings. The number of nitrogens with zero attached hydrogens (tertiary/aromatic N) is 3. The van der Waals surface area contributed by atoms with E-state index in [4.69, 9.17) is 4.74 Å². The molecular weight excluding hydrogens is 413 g/mol. The average molecular weight is 442 g/mol. The van der Waals surface area contributed by atoms with Gasteiger partial charge in [0.05, 0.1) is 12.8 Å². The molecular formula is C21H29F3N4O3. The Hall–Kier alpha value is -2.26. The topological polar surface area (TPSA) is 76.5 Å². The highest BCUT2D eigenvalue weighted by molar-refractivity contribution is 5.94. The van der Waals surface area contributed by atoms with E-state index in [1.807, 2.05) is 4.90 Å². The summed E-state index contributed by atoms with van der Waals surface area (Å²) in [6.07, 6.45) is 1.88. The van der Waals surface area contributed by atoms with Gasteiger partial charge in [0.15, 0.2) is 6.04 Å². The van der Waals surface area contributed by atoms with E-state index in [2.05, 4.69) is 10.4 Å². The van der Waals surface area contributed by atoms with Crippen molar-refractivity contribution in [2.75, 3.05) is 25.0 Å². The summed E-state index contributed by atoms with van der Waals surface area (Å²) in [4.78, 5) is 27.0. The molecule has 0 spiro atoms. The molecule has 3 heterocycles. The lowest BCUT2D eigenvalue weighted by Crippen LogP contribution is -2.50. The maximum Gasteiger partial charge on any atom is 0.410 e. The van der Waals surface area contributed by atoms with E-state index in [0.717, 1.165) is 49.4 Å². The molecule has 2 fully saturated rings. The van der Waals surface area contributed by atoms with Crippen LogP contribution in [0.4, 0.5) is 19.0 Å². The van der Waals surface area contributed by atoms with Crippen LogP contribution >= 0.6 is 0 Å². The van der Waals surface area contributed by atoms with E-state index in [1.165, 1.54) is 0 Å². The van der Waals surface area contributed by atoms with Crippen LogP contribution in [0.25, 0.3) is 0 Å². The number of likely N-dealkylation sites (tertiary alicyclic amines) is 1. The van der Waals surface area contributed by atoms with Gasteiger partial charge in [-0.25, -0.2) is 9.48 Å². The Morgan fingerprint density at radius 3 is 2.65 bits per heavy atom. The highest BCUT2D eigenvalue weighted by Crippen LogP contribution is 2.43. The van der Waals surface area contributed by atoms with Gasteiger partial charge in [0.1, 0.15) is 11.4 Å². The van der Waals surface area contributed by atoms with Gasteiger partial charge in [0.2, 0.25) is 5.91 Å². The van der Waals surface area contributed by atoms with Gasteiger partial charge < -0.3 is 15.0 Å². The summed E-state index contributed by atoms with van der Waals surface area (Å²) in [5.41, 5.74) is 0.00972. The summed E-state index contributed by atoms with van der Waals surface area (Å²) in [5, 5.41) is 7.00. The summed E-state index contributed by atoms with van der Waals surface area (Å²) in [5.74, 6) is -0.570. The predicted molar refractivity (Wildman–Crippen MR) is 107 cm³/mol. The molecule has 4 rings (SSSR count). The molecule has 1 saturated carbocycles. The zero-order chi connectivity index (χ0) is 22.2. The first-order valence-electron chi connectivity index (χ1n) is 11.2. The normalized spacial score (nSPS) is 27.0. The lowest BCUT2D eigenvalue weighted by molar-refractivity contribution is -0.175. The number of ether oxygens (including phenoxy) is 1. The average Bonchev–Trinajstić information content (AvgIpc) is 3.42. The van der Waals surface area contributed by atoms with Gasteiger partial charge in [-0.05, 0) is 44.9 Å². The Labute approximate surface area is 179 Å². The van der Waals surface area contributed by atoms with Crippen molar-refractivity contribution >= 4 is 17.7 Å². The Kier molecular flexibility index (Phi) is 6.16. The lowest BCUT2D eigenvalue weighted by Gasteiger charge is -2.42. The Morgan fingerprint density at radius 2 is 1.97 bits per heavy atom. The van der Waals surface area contributed by atoms with Crippen LogP contribution in [0.3, 0.4) is 0 Å². The number of esters is 1. The number of aromatic nitrogens is 2. The SMILES string of the molecule is CCOC(=O)c1cnn2c1N[C@H]([C@@H]1CCCN(C(=O)C3CCCC3)C1)C[C@@H]2C(F)(F)F. The second kappa shape index (κ2) is 8.70. The van der Waals surface area contributed by atoms with Crippen molar-refractivity contribution in [2.45, 2.75) is 70.1 Å². The molecule has 2 aliphatic heterocycles. The van der Waals surface area contributed by atoms with Crippen LogP contribution in [0, 0.1) is 11.8 Å². The monoisotopic (exact) mass is 442 g/mol. The van der Waals surface area contributed by atoms with Crippen LogP contribution < -0.4 is 5.32 Å². The molecule has 0 bridgehead atoms. The van der Waals surface area contributed by atoms with E-state index in [-0.39, 0.29) is 42.2 Å². The number of fused-ring (bicyclic) bond motifs is 1. The van der Waals surface area contributed by atoms with Gasteiger partial charge in [-0.2, -0.15) is 18.3 Å². The van der Waals surface area contributed by atoms with Crippen molar-refractivity contribution in [1.29, 1.82) is 0 Å². The molecule has 0 radical (unpaired) electrons. The third kappa shape index (κ3) is 4.39. The van der Waals surface area contributed by atoms with Crippen LogP contribution in [-0.4, -0.2) is 58.5 Å². The Morgan fingerprint density at radius 1 is 1.23 bits per heavy atom. The van der Waals surface area contributed by atoms with Gasteiger partial charge >= 0.3 is 12.1 Å². The number of hydrogen-bond acceptors (Lipinski definition) is 5. The highest BCUT2D eigenvalue weighted by Gasteiger charge is 2.49. The van der Waals surface area contributed by atoms with Gasteiger partial charge in [0, 0.05) is 25.0 Å². The minimum Gasteiger partial charge on any atom is -0.462 e. The van der Waals surface area contributed by atoms with Gasteiger partial charge in [-0.3, -0.25) is 4.79 Å². The molecule has 31 heavy (non-hydrogen) atoms. The Balaban J connectivity index is 1.56. The standard InChI is InChI=1S/C21H29F3N4O3/c1-2-31-20(30)15-11-25-28-17(21(22,23)24)10-16(26-18(15)28)14-8-5-9-27(12-14)19(29)13-6-3-4-7-13/h11,13-14,16-17,26H,2-10,12H2,1H3/t14-,16+,17-/m1/s1. The van der Waals surface area contributed by atoms with E-state index in [0.29, 0.717) is 13.1 Å². The maximum absolute atomic E-state index is 13.9. The first-order valence-corrected chi connectivity index (χ1v) is 11.2. The number of halogens is 3. The Bertz CT molecular complexity index is 819. The van der Waals surface area contributed by atoms with Crippen LogP contribution in [-0.2, 0) is 9.53 Å². The second-order valence-electron chi connectivity index (χ2n) is 8.78. The first-order chi connectivity index (χ1) is 14.8. The molecule has 1 aromatic rings. The van der Waals surface area contributed by atoms with E-state index in [9.17, 15) is 22.8 Å². The van der Waals surface area contributed by atoms with Crippen molar-refractivity contribution < 1.29 is 27.5 Å². The zero-order valence-electron chi connectivity index (χ0n) is 17.7. The number of piperidine rings is 1. The molecule has 3 atom stereocenters. The number of hydrogen-bond donors (Lipinski definition) is 1. The van der Waals surface area contributed by atoms with Crippen LogP contribution in [0.1, 0.15) is 68.3 Å². The van der Waals surface area contributed by atoms with Crippen molar-refractivity contribution in [1.82, 2.24) is 14.7 Å². The number of rotatable bonds is 4. The summed E-state index contributed by atoms with van der Waals surface area (Å²) < 4.78 is 47.4. The van der Waals surface area contributed by atoms with E-state index in [1.54, 1.807) is 6.92 Å². The number of amides is 1. The third-order valence-corrected chi connectivity index (χ3v) is 6.81. The molecule has 0 unspecified atom stereocenters. The fourth-order valence-electron chi connectivity index (χ4n) is 5.23. The van der Waals surface area contributed by atoms with Crippen molar-refractivity contribution in [3.05, 3.63) is 11.8 Å². The van der Waals surface area contributed by atoms with E-state index < -0.39 is 24.2 Å². The van der Waals surface area contributed by atoms with E-state index >= 15 is 0 Å². The number of carbonyl (C=O) groups excluding carboxylic acids is 2. The van der Waals surface area contributed by atoms with Crippen LogP contribution in [0.2, 0.25) is 0 Å². The fourth-order valence-corrected chi connectivity index (χ4v) is 5.23. The van der Waals surface area contributed by atoms with Crippen molar-refractivity contribution in [3.8, 4) is 0 Å². The lowest BCUT2D eigenvalue weighted by atomic mass is 9.85. The fraction of sp³-hybridized carbons (Fsp3) is 0.762. The minimum atomic E-state index is -4.50. The zero-order valence-corrected chi connectivity index (χ0v) is 17.7. The molecule has 1 aliphatic carbocycles. The smallest absolute Gasteiger partial charge is 0.410 e. The predicted octanol–water partition coefficient (Wildman–Crippen LogP) is 3.78. The first kappa shape index (κ1) is 22.0. The van der Waals surface area contributed by atoms with Crippen molar-refractivity contribution in [3.63, 3.8) is 0 Å². The van der Waals surface area contributed by atoms with Crippen molar-refractivity contribution in [2.24, 2.45) is 11.8 Å². The number of anilines is 1. The minimum absolute atomic E-state index is 0.00972. The quantitative estimate of drug-likeness (QED) is 0.719. The second-order valence-corrected chi connectivity index (χ2v) is 8.78. The summed E-state index contributed by atoms with van der Waals surface area (Å²) in [7, 11) is 0. The summed E-state index contributed by atoms with van der Waals surface area (Å²) in [6, 6.07) is -2.33. The molecule has 7 nitrogen and oxygen atoms in total. The third-order valence-electron chi connectivity index (χ3n) is 6.81. The summed E-state index contributed by atoms with van der Waals surface area (Å²) >= 11 is 0. The molecule has 1 N–H and O–H groups in total. The molecule has 10 heteroatoms. The van der Waals surface area contributed by atoms with Crippen LogP contribution in [0.15, 0.2) is 6.20 Å². The van der Waals surface area contributed by atoms with Crippen LogP contribution in [0.5, 0.6) is 0 Å². The molecule has 1 amide bonds. The number of nitrogens with one attached hydrogen (secondary N) is 1. The van der Waals surface area contributed by atoms with Gasteiger partial charge in [0.25, 0.3) is 0 Å². The largest absolute Gasteiger partial charge is 0.462 e. The number of carbonyl (C=O) groups is 2. The maximum atomic E-state index is 13.9.